The molecule has 2 fully saturated rings. The predicted molar refractivity (Wildman–Crippen MR) is 79.0 cm³/mol. The third-order valence-corrected chi connectivity index (χ3v) is 5.96. The molecule has 0 amide bonds. The first-order chi connectivity index (χ1) is 9.79. The zero-order valence-corrected chi connectivity index (χ0v) is 13.2. The number of hydrogen-bond acceptors (Lipinski definition) is 3. The van der Waals surface area contributed by atoms with E-state index in [1.165, 1.54) is 13.0 Å². The fourth-order valence-electron chi connectivity index (χ4n) is 2.31. The minimum atomic E-state index is -3.67. The molecule has 3 rings (SSSR count). The lowest BCUT2D eigenvalue weighted by Gasteiger charge is -2.15. The van der Waals surface area contributed by atoms with Crippen molar-refractivity contribution < 1.29 is 12.8 Å². The van der Waals surface area contributed by atoms with Crippen LogP contribution in [0, 0.1) is 12.7 Å². The highest BCUT2D eigenvalue weighted by atomic mass is 32.2. The summed E-state index contributed by atoms with van der Waals surface area (Å²) in [6.45, 7) is 3.88. The van der Waals surface area contributed by atoms with E-state index in [1.54, 1.807) is 6.07 Å². The number of nitrogens with one attached hydrogen (secondary N) is 2. The largest absolute Gasteiger partial charge is 0.310 e. The maximum Gasteiger partial charge on any atom is 0.241 e. The molecule has 21 heavy (non-hydrogen) atoms. The molecule has 116 valence electrons. The summed E-state index contributed by atoms with van der Waals surface area (Å²) in [6, 6.07) is 3.50. The fraction of sp³-hybridized carbons (Fsp3) is 0.600. The number of hydrogen-bond donors (Lipinski definition) is 2. The fourth-order valence-corrected chi connectivity index (χ4v) is 4.08. The molecule has 1 aromatic carbocycles. The summed E-state index contributed by atoms with van der Waals surface area (Å²) in [7, 11) is -3.67. The molecule has 4 nitrogen and oxygen atoms in total. The molecule has 0 spiro atoms. The maximum atomic E-state index is 14.0. The Morgan fingerprint density at radius 3 is 2.57 bits per heavy atom. The molecule has 0 unspecified atom stereocenters. The average molecular weight is 312 g/mol. The number of sulfonamides is 1. The molecule has 0 aromatic heterocycles. The lowest BCUT2D eigenvalue weighted by molar-refractivity contribution is 0.552. The van der Waals surface area contributed by atoms with Crippen molar-refractivity contribution in [1.29, 1.82) is 0 Å². The van der Waals surface area contributed by atoms with Gasteiger partial charge in [0, 0.05) is 23.7 Å². The molecule has 1 aromatic rings. The van der Waals surface area contributed by atoms with E-state index in [9.17, 15) is 12.8 Å². The first kappa shape index (κ1) is 14.9. The summed E-state index contributed by atoms with van der Waals surface area (Å²) in [5, 5.41) is 3.28. The predicted octanol–water partition coefficient (Wildman–Crippen LogP) is 2.22. The van der Waals surface area contributed by atoms with Gasteiger partial charge in [-0.15, -0.1) is 0 Å². The Morgan fingerprint density at radius 2 is 2.00 bits per heavy atom. The van der Waals surface area contributed by atoms with E-state index in [0.29, 0.717) is 18.2 Å². The van der Waals surface area contributed by atoms with E-state index in [1.807, 2.05) is 6.92 Å². The molecular formula is C15H21FN2O2S. The lowest BCUT2D eigenvalue weighted by Crippen LogP contribution is -2.34. The van der Waals surface area contributed by atoms with Crippen LogP contribution in [0.4, 0.5) is 4.39 Å². The maximum absolute atomic E-state index is 14.0. The molecule has 0 atom stereocenters. The standard InChI is InChI=1S/C15H21FN2O2S/c1-10-13(16)7-11(9-17-12-3-4-12)8-14(10)21(19,20)18-15(2)5-6-15/h7-8,12,17-18H,3-6,9H2,1-2H3. The van der Waals surface area contributed by atoms with E-state index in [0.717, 1.165) is 25.7 Å². The second-order valence-electron chi connectivity index (χ2n) is 6.52. The zero-order valence-electron chi connectivity index (χ0n) is 12.4. The molecule has 0 radical (unpaired) electrons. The Morgan fingerprint density at radius 1 is 1.33 bits per heavy atom. The van der Waals surface area contributed by atoms with Gasteiger partial charge in [0.05, 0.1) is 4.90 Å². The van der Waals surface area contributed by atoms with Crippen molar-refractivity contribution in [1.82, 2.24) is 10.0 Å². The Balaban J connectivity index is 1.88. The van der Waals surface area contributed by atoms with Crippen LogP contribution >= 0.6 is 0 Å². The number of rotatable bonds is 6. The molecule has 2 saturated carbocycles. The lowest BCUT2D eigenvalue weighted by atomic mass is 10.1. The summed E-state index contributed by atoms with van der Waals surface area (Å²) in [5.41, 5.74) is 0.498. The van der Waals surface area contributed by atoms with Gasteiger partial charge in [0.25, 0.3) is 0 Å². The highest BCUT2D eigenvalue weighted by molar-refractivity contribution is 7.89. The molecule has 2 N–H and O–H groups in total. The highest BCUT2D eigenvalue weighted by Gasteiger charge is 2.41. The van der Waals surface area contributed by atoms with Crippen LogP contribution < -0.4 is 10.0 Å². The molecule has 2 aliphatic carbocycles. The zero-order chi connectivity index (χ0) is 15.3. The van der Waals surface area contributed by atoms with Crippen LogP contribution in [0.2, 0.25) is 0 Å². The van der Waals surface area contributed by atoms with Crippen molar-refractivity contribution in [2.24, 2.45) is 0 Å². The second-order valence-corrected chi connectivity index (χ2v) is 8.17. The van der Waals surface area contributed by atoms with Crippen LogP contribution in [0.1, 0.15) is 43.7 Å². The van der Waals surface area contributed by atoms with Gasteiger partial charge >= 0.3 is 0 Å². The first-order valence-corrected chi connectivity index (χ1v) is 8.84. The molecule has 0 bridgehead atoms. The quantitative estimate of drug-likeness (QED) is 0.847. The van der Waals surface area contributed by atoms with Crippen molar-refractivity contribution in [2.75, 3.05) is 0 Å². The molecule has 0 saturated heterocycles. The molecule has 2 aliphatic rings. The van der Waals surface area contributed by atoms with E-state index in [-0.39, 0.29) is 16.0 Å². The summed E-state index contributed by atoms with van der Waals surface area (Å²) in [6.07, 6.45) is 3.94. The van der Waals surface area contributed by atoms with Gasteiger partial charge in [0.1, 0.15) is 5.82 Å². The highest BCUT2D eigenvalue weighted by Crippen LogP contribution is 2.36. The Bertz CT molecular complexity index is 664. The molecule has 0 heterocycles. The normalized spacial score (nSPS) is 20.5. The van der Waals surface area contributed by atoms with Crippen molar-refractivity contribution in [2.45, 2.75) is 62.6 Å². The van der Waals surface area contributed by atoms with Crippen molar-refractivity contribution in [3.63, 3.8) is 0 Å². The van der Waals surface area contributed by atoms with Gasteiger partial charge < -0.3 is 5.32 Å². The van der Waals surface area contributed by atoms with Gasteiger partial charge in [-0.25, -0.2) is 17.5 Å². The van der Waals surface area contributed by atoms with Crippen LogP contribution in [-0.2, 0) is 16.6 Å². The van der Waals surface area contributed by atoms with Gasteiger partial charge in [-0.3, -0.25) is 0 Å². The Kier molecular flexibility index (Phi) is 3.58. The van der Waals surface area contributed by atoms with Crippen molar-refractivity contribution in [3.8, 4) is 0 Å². The van der Waals surface area contributed by atoms with Gasteiger partial charge in [0.15, 0.2) is 0 Å². The van der Waals surface area contributed by atoms with E-state index in [4.69, 9.17) is 0 Å². The first-order valence-electron chi connectivity index (χ1n) is 7.35. The van der Waals surface area contributed by atoms with Crippen LogP contribution in [0.15, 0.2) is 17.0 Å². The summed E-state index contributed by atoms with van der Waals surface area (Å²) >= 11 is 0. The van der Waals surface area contributed by atoms with Crippen LogP contribution in [-0.4, -0.2) is 20.0 Å². The smallest absolute Gasteiger partial charge is 0.241 e. The summed E-state index contributed by atoms with van der Waals surface area (Å²) in [4.78, 5) is 0.0585. The summed E-state index contributed by atoms with van der Waals surface area (Å²) < 4.78 is 41.6. The minimum Gasteiger partial charge on any atom is -0.310 e. The third kappa shape index (κ3) is 3.44. The molecule has 0 aliphatic heterocycles. The minimum absolute atomic E-state index is 0.0585. The van der Waals surface area contributed by atoms with Crippen molar-refractivity contribution in [3.05, 3.63) is 29.1 Å². The van der Waals surface area contributed by atoms with E-state index < -0.39 is 15.8 Å². The summed E-state index contributed by atoms with van der Waals surface area (Å²) in [5.74, 6) is -0.466. The van der Waals surface area contributed by atoms with E-state index in [2.05, 4.69) is 10.0 Å². The Labute approximate surface area is 125 Å². The van der Waals surface area contributed by atoms with Gasteiger partial charge in [-0.05, 0) is 57.2 Å². The molecule has 6 heteroatoms. The average Bonchev–Trinajstić information content (AvgIpc) is 3.28. The van der Waals surface area contributed by atoms with Crippen LogP contribution in [0.3, 0.4) is 0 Å². The molecular weight excluding hydrogens is 291 g/mol. The van der Waals surface area contributed by atoms with Gasteiger partial charge in [0.2, 0.25) is 10.0 Å². The van der Waals surface area contributed by atoms with Gasteiger partial charge in [-0.2, -0.15) is 0 Å². The van der Waals surface area contributed by atoms with Crippen molar-refractivity contribution >= 4 is 10.0 Å². The van der Waals surface area contributed by atoms with E-state index >= 15 is 0 Å². The topological polar surface area (TPSA) is 58.2 Å². The number of halogens is 1. The van der Waals surface area contributed by atoms with Gasteiger partial charge in [-0.1, -0.05) is 0 Å². The third-order valence-electron chi connectivity index (χ3n) is 4.20. The SMILES string of the molecule is Cc1c(F)cc(CNC2CC2)cc1S(=O)(=O)NC1(C)CC1. The number of benzene rings is 1. The second kappa shape index (κ2) is 5.04. The van der Waals surface area contributed by atoms with Crippen LogP contribution in [0.25, 0.3) is 0 Å². The monoisotopic (exact) mass is 312 g/mol. The Hall–Kier alpha value is -0.980. The van der Waals surface area contributed by atoms with Crippen LogP contribution in [0.5, 0.6) is 0 Å².